The summed E-state index contributed by atoms with van der Waals surface area (Å²) >= 11 is 3.11. The first-order valence-corrected chi connectivity index (χ1v) is 7.92. The lowest BCUT2D eigenvalue weighted by atomic mass is 10.2. The van der Waals surface area contributed by atoms with E-state index in [4.69, 9.17) is 0 Å². The second kappa shape index (κ2) is 7.14. The van der Waals surface area contributed by atoms with Gasteiger partial charge in [0, 0.05) is 10.0 Å². The molecule has 0 N–H and O–H groups in total. The maximum absolute atomic E-state index is 12.4. The molecule has 0 aliphatic rings. The number of carbonyl (C=O) groups excluding carboxylic acids is 1. The third-order valence-corrected chi connectivity index (χ3v) is 3.64. The SMILES string of the molecule is CCOC(=O)/C=C(\OS(=O)(=O)C(F)(F)F)c1ccc(Br)cc1. The van der Waals surface area contributed by atoms with E-state index in [2.05, 4.69) is 24.8 Å². The Hall–Kier alpha value is -1.55. The van der Waals surface area contributed by atoms with Crippen LogP contribution >= 0.6 is 15.9 Å². The number of alkyl halides is 3. The van der Waals surface area contributed by atoms with E-state index in [1.54, 1.807) is 0 Å². The molecule has 0 bridgehead atoms. The van der Waals surface area contributed by atoms with Crippen LogP contribution in [0, 0.1) is 0 Å². The number of carbonyl (C=O) groups is 1. The largest absolute Gasteiger partial charge is 0.534 e. The van der Waals surface area contributed by atoms with Gasteiger partial charge in [0.1, 0.15) is 0 Å². The molecule has 0 saturated heterocycles. The van der Waals surface area contributed by atoms with E-state index in [1.807, 2.05) is 0 Å². The highest BCUT2D eigenvalue weighted by Crippen LogP contribution is 2.30. The number of ether oxygens (including phenoxy) is 1. The van der Waals surface area contributed by atoms with Gasteiger partial charge in [0.05, 0.1) is 12.7 Å². The number of benzene rings is 1. The third kappa shape index (κ3) is 5.02. The molecule has 122 valence electrons. The predicted octanol–water partition coefficient (Wildman–Crippen LogP) is 3.22. The fraction of sp³-hybridized carbons (Fsp3) is 0.250. The zero-order chi connectivity index (χ0) is 17.0. The lowest BCUT2D eigenvalue weighted by molar-refractivity contribution is -0.137. The molecule has 0 atom stereocenters. The summed E-state index contributed by atoms with van der Waals surface area (Å²) in [7, 11) is -5.90. The van der Waals surface area contributed by atoms with Crippen molar-refractivity contribution in [2.75, 3.05) is 6.61 Å². The fourth-order valence-corrected chi connectivity index (χ4v) is 1.97. The van der Waals surface area contributed by atoms with E-state index in [1.165, 1.54) is 31.2 Å². The zero-order valence-electron chi connectivity index (χ0n) is 11.1. The van der Waals surface area contributed by atoms with Gasteiger partial charge in [-0.05, 0) is 19.1 Å². The van der Waals surface area contributed by atoms with Crippen molar-refractivity contribution in [2.24, 2.45) is 0 Å². The quantitative estimate of drug-likeness (QED) is 0.248. The molecule has 22 heavy (non-hydrogen) atoms. The van der Waals surface area contributed by atoms with Gasteiger partial charge in [-0.3, -0.25) is 0 Å². The topological polar surface area (TPSA) is 69.7 Å². The van der Waals surface area contributed by atoms with Crippen LogP contribution in [0.5, 0.6) is 0 Å². The van der Waals surface area contributed by atoms with E-state index < -0.39 is 27.4 Å². The standard InChI is InChI=1S/C12H10BrF3O5S/c1-2-20-11(17)7-10(8-3-5-9(13)6-4-8)21-22(18,19)12(14,15)16/h3-7H,2H2,1H3/b10-7-. The summed E-state index contributed by atoms with van der Waals surface area (Å²) in [6, 6.07) is 5.44. The van der Waals surface area contributed by atoms with Gasteiger partial charge in [-0.15, -0.1) is 0 Å². The van der Waals surface area contributed by atoms with Crippen molar-refractivity contribution in [1.29, 1.82) is 0 Å². The molecule has 0 saturated carbocycles. The average molecular weight is 403 g/mol. The summed E-state index contributed by atoms with van der Waals surface area (Å²) < 4.78 is 68.5. The van der Waals surface area contributed by atoms with Crippen molar-refractivity contribution in [3.05, 3.63) is 40.4 Å². The lowest BCUT2D eigenvalue weighted by Gasteiger charge is -2.12. The summed E-state index contributed by atoms with van der Waals surface area (Å²) in [5.74, 6) is -1.82. The van der Waals surface area contributed by atoms with Crippen molar-refractivity contribution in [3.63, 3.8) is 0 Å². The Morgan fingerprint density at radius 3 is 2.27 bits per heavy atom. The molecule has 1 aromatic carbocycles. The molecular weight excluding hydrogens is 393 g/mol. The van der Waals surface area contributed by atoms with Crippen molar-refractivity contribution in [3.8, 4) is 0 Å². The minimum absolute atomic E-state index is 0.0328. The first-order chi connectivity index (χ1) is 10.1. The third-order valence-electron chi connectivity index (χ3n) is 2.15. The summed E-state index contributed by atoms with van der Waals surface area (Å²) in [5, 5.41) is 0. The normalized spacial score (nSPS) is 12.9. The molecule has 10 heteroatoms. The van der Waals surface area contributed by atoms with E-state index in [-0.39, 0.29) is 12.2 Å². The Kier molecular flexibility index (Phi) is 6.00. The zero-order valence-corrected chi connectivity index (χ0v) is 13.5. The van der Waals surface area contributed by atoms with Crippen LogP contribution in [0.3, 0.4) is 0 Å². The van der Waals surface area contributed by atoms with Crippen LogP contribution < -0.4 is 0 Å². The van der Waals surface area contributed by atoms with Crippen LogP contribution in [0.2, 0.25) is 0 Å². The molecular formula is C12H10BrF3O5S. The molecule has 0 aromatic heterocycles. The average Bonchev–Trinajstić information content (AvgIpc) is 2.37. The first-order valence-electron chi connectivity index (χ1n) is 5.72. The molecule has 0 unspecified atom stereocenters. The molecule has 0 spiro atoms. The number of rotatable bonds is 5. The van der Waals surface area contributed by atoms with Crippen LogP contribution in [-0.2, 0) is 23.8 Å². The van der Waals surface area contributed by atoms with Gasteiger partial charge in [0.25, 0.3) is 0 Å². The van der Waals surface area contributed by atoms with E-state index in [9.17, 15) is 26.4 Å². The number of hydrogen-bond donors (Lipinski definition) is 0. The minimum Gasteiger partial charge on any atom is -0.463 e. The fourth-order valence-electron chi connectivity index (χ4n) is 1.23. The second-order valence-corrected chi connectivity index (χ2v) is 6.20. The molecule has 1 aromatic rings. The van der Waals surface area contributed by atoms with Crippen LogP contribution in [0.25, 0.3) is 5.76 Å². The van der Waals surface area contributed by atoms with Gasteiger partial charge in [-0.25, -0.2) is 4.79 Å². The Bertz CT molecular complexity index is 665. The summed E-state index contributed by atoms with van der Waals surface area (Å²) in [4.78, 5) is 11.4. The maximum Gasteiger partial charge on any atom is 0.534 e. The number of esters is 1. The highest BCUT2D eigenvalue weighted by Gasteiger charge is 2.49. The van der Waals surface area contributed by atoms with Gasteiger partial charge in [-0.2, -0.15) is 21.6 Å². The predicted molar refractivity (Wildman–Crippen MR) is 74.8 cm³/mol. The number of hydrogen-bond acceptors (Lipinski definition) is 5. The number of halogens is 4. The summed E-state index contributed by atoms with van der Waals surface area (Å²) in [5.41, 5.74) is -5.65. The molecule has 0 aliphatic carbocycles. The molecule has 5 nitrogen and oxygen atoms in total. The highest BCUT2D eigenvalue weighted by molar-refractivity contribution is 9.10. The van der Waals surface area contributed by atoms with E-state index in [0.717, 1.165) is 0 Å². The van der Waals surface area contributed by atoms with Crippen molar-refractivity contribution in [1.82, 2.24) is 0 Å². The van der Waals surface area contributed by atoms with Crippen molar-refractivity contribution >= 4 is 37.8 Å². The molecule has 0 heterocycles. The summed E-state index contributed by atoms with van der Waals surface area (Å²) in [6.45, 7) is 1.45. The lowest BCUT2D eigenvalue weighted by Crippen LogP contribution is -2.25. The van der Waals surface area contributed by atoms with Gasteiger partial charge >= 0.3 is 21.6 Å². The summed E-state index contributed by atoms with van der Waals surface area (Å²) in [6.07, 6.45) is 0.538. The smallest absolute Gasteiger partial charge is 0.463 e. The van der Waals surface area contributed by atoms with Crippen LogP contribution in [0.1, 0.15) is 12.5 Å². The van der Waals surface area contributed by atoms with Crippen molar-refractivity contribution < 1.29 is 35.3 Å². The molecule has 1 rings (SSSR count). The monoisotopic (exact) mass is 402 g/mol. The minimum atomic E-state index is -5.90. The van der Waals surface area contributed by atoms with E-state index in [0.29, 0.717) is 10.5 Å². The van der Waals surface area contributed by atoms with E-state index >= 15 is 0 Å². The van der Waals surface area contributed by atoms with Gasteiger partial charge in [0.15, 0.2) is 5.76 Å². The van der Waals surface area contributed by atoms with Gasteiger partial charge < -0.3 is 8.92 Å². The molecule has 0 aliphatic heterocycles. The molecule has 0 fully saturated rings. The first kappa shape index (κ1) is 18.5. The van der Waals surface area contributed by atoms with Crippen LogP contribution in [0.15, 0.2) is 34.8 Å². The highest BCUT2D eigenvalue weighted by atomic mass is 79.9. The van der Waals surface area contributed by atoms with Gasteiger partial charge in [-0.1, -0.05) is 28.1 Å². The molecule has 0 amide bonds. The second-order valence-electron chi connectivity index (χ2n) is 3.75. The van der Waals surface area contributed by atoms with Crippen LogP contribution in [0.4, 0.5) is 13.2 Å². The maximum atomic E-state index is 12.4. The van der Waals surface area contributed by atoms with Gasteiger partial charge in [0.2, 0.25) is 0 Å². The van der Waals surface area contributed by atoms with Crippen LogP contribution in [-0.4, -0.2) is 26.5 Å². The van der Waals surface area contributed by atoms with Crippen molar-refractivity contribution in [2.45, 2.75) is 12.4 Å². The Morgan fingerprint density at radius 2 is 1.82 bits per heavy atom. The molecule has 0 radical (unpaired) electrons. The Labute approximate surface area is 133 Å². The Balaban J connectivity index is 3.24. The Morgan fingerprint density at radius 1 is 1.27 bits per heavy atom.